The molecule has 0 atom stereocenters. The minimum atomic E-state index is 0.0858. The van der Waals surface area contributed by atoms with Gasteiger partial charge in [-0.1, -0.05) is 12.1 Å². The van der Waals surface area contributed by atoms with Gasteiger partial charge in [-0.05, 0) is 68.2 Å². The van der Waals surface area contributed by atoms with Crippen molar-refractivity contribution in [1.82, 2.24) is 5.32 Å². The summed E-state index contributed by atoms with van der Waals surface area (Å²) in [6.07, 6.45) is 5.97. The van der Waals surface area contributed by atoms with Gasteiger partial charge < -0.3 is 11.1 Å². The first-order valence-electron chi connectivity index (χ1n) is 7.38. The highest BCUT2D eigenvalue weighted by molar-refractivity contribution is 5.94. The third-order valence-electron chi connectivity index (χ3n) is 4.18. The molecule has 2 saturated carbocycles. The van der Waals surface area contributed by atoms with E-state index in [0.29, 0.717) is 12.6 Å². The van der Waals surface area contributed by atoms with Gasteiger partial charge in [0.05, 0.1) is 0 Å². The summed E-state index contributed by atoms with van der Waals surface area (Å²) in [5, 5.41) is 3.26. The summed E-state index contributed by atoms with van der Waals surface area (Å²) in [5.41, 5.74) is 7.48. The summed E-state index contributed by atoms with van der Waals surface area (Å²) in [7, 11) is 0. The topological polar surface area (TPSA) is 55.1 Å². The van der Waals surface area contributed by atoms with Crippen molar-refractivity contribution < 1.29 is 4.79 Å². The van der Waals surface area contributed by atoms with Gasteiger partial charge in [-0.2, -0.15) is 0 Å². The van der Waals surface area contributed by atoms with Gasteiger partial charge in [0.25, 0.3) is 5.91 Å². The summed E-state index contributed by atoms with van der Waals surface area (Å²) in [6.45, 7) is 0.623. The van der Waals surface area contributed by atoms with Gasteiger partial charge >= 0.3 is 0 Å². The van der Waals surface area contributed by atoms with Crippen LogP contribution in [0.3, 0.4) is 0 Å². The summed E-state index contributed by atoms with van der Waals surface area (Å²) in [5.74, 6) is 1.56. The Labute approximate surface area is 114 Å². The second-order valence-electron chi connectivity index (χ2n) is 5.91. The van der Waals surface area contributed by atoms with Crippen LogP contribution in [-0.2, 0) is 6.42 Å². The maximum atomic E-state index is 12.3. The average Bonchev–Trinajstić information content (AvgIpc) is 3.29. The summed E-state index contributed by atoms with van der Waals surface area (Å²) in [6, 6.07) is 8.27. The van der Waals surface area contributed by atoms with Crippen LogP contribution in [0.2, 0.25) is 0 Å². The molecule has 102 valence electrons. The number of benzene rings is 1. The molecule has 2 fully saturated rings. The third kappa shape index (κ3) is 3.16. The maximum Gasteiger partial charge on any atom is 0.251 e. The fraction of sp³-hybridized carbons (Fsp3) is 0.562. The molecule has 0 saturated heterocycles. The Kier molecular flexibility index (Phi) is 3.56. The molecule has 0 bridgehead atoms. The molecule has 0 aromatic heterocycles. The second-order valence-corrected chi connectivity index (χ2v) is 5.91. The highest BCUT2D eigenvalue weighted by Crippen LogP contribution is 2.44. The minimum Gasteiger partial charge on any atom is -0.349 e. The predicted molar refractivity (Wildman–Crippen MR) is 75.9 cm³/mol. The van der Waals surface area contributed by atoms with E-state index in [2.05, 4.69) is 5.32 Å². The van der Waals surface area contributed by atoms with Crippen LogP contribution in [0.4, 0.5) is 0 Å². The zero-order valence-corrected chi connectivity index (χ0v) is 11.3. The van der Waals surface area contributed by atoms with Crippen molar-refractivity contribution in [3.8, 4) is 0 Å². The lowest BCUT2D eigenvalue weighted by Gasteiger charge is -2.17. The van der Waals surface area contributed by atoms with Crippen LogP contribution in [0.25, 0.3) is 0 Å². The Morgan fingerprint density at radius 1 is 1.26 bits per heavy atom. The van der Waals surface area contributed by atoms with Gasteiger partial charge in [0.1, 0.15) is 0 Å². The van der Waals surface area contributed by atoms with Gasteiger partial charge in [-0.25, -0.2) is 0 Å². The zero-order chi connectivity index (χ0) is 13.2. The average molecular weight is 258 g/mol. The molecule has 3 heteroatoms. The van der Waals surface area contributed by atoms with E-state index in [1.54, 1.807) is 0 Å². The summed E-state index contributed by atoms with van der Waals surface area (Å²) >= 11 is 0. The molecule has 0 unspecified atom stereocenters. The summed E-state index contributed by atoms with van der Waals surface area (Å²) < 4.78 is 0. The van der Waals surface area contributed by atoms with E-state index >= 15 is 0 Å². The molecule has 1 aromatic rings. The van der Waals surface area contributed by atoms with Gasteiger partial charge in [-0.3, -0.25) is 4.79 Å². The number of carbonyl (C=O) groups is 1. The molecule has 3 nitrogen and oxygen atoms in total. The van der Waals surface area contributed by atoms with Gasteiger partial charge in [0.15, 0.2) is 0 Å². The molecule has 3 rings (SSSR count). The van der Waals surface area contributed by atoms with Crippen LogP contribution in [0.15, 0.2) is 24.3 Å². The normalized spacial score (nSPS) is 18.6. The summed E-state index contributed by atoms with van der Waals surface area (Å²) in [4.78, 5) is 12.3. The van der Waals surface area contributed by atoms with E-state index in [-0.39, 0.29) is 5.91 Å². The van der Waals surface area contributed by atoms with Crippen molar-refractivity contribution in [2.24, 2.45) is 17.6 Å². The largest absolute Gasteiger partial charge is 0.349 e. The van der Waals surface area contributed by atoms with Crippen LogP contribution in [-0.4, -0.2) is 18.5 Å². The monoisotopic (exact) mass is 258 g/mol. The van der Waals surface area contributed by atoms with E-state index < -0.39 is 0 Å². The van der Waals surface area contributed by atoms with Crippen molar-refractivity contribution in [3.05, 3.63) is 35.4 Å². The molecule has 0 heterocycles. The van der Waals surface area contributed by atoms with E-state index in [1.807, 2.05) is 24.3 Å². The molecule has 2 aliphatic carbocycles. The lowest BCUT2D eigenvalue weighted by molar-refractivity contribution is 0.0926. The molecule has 0 radical (unpaired) electrons. The fourth-order valence-corrected chi connectivity index (χ4v) is 2.80. The van der Waals surface area contributed by atoms with Gasteiger partial charge in [-0.15, -0.1) is 0 Å². The molecular formula is C16H22N2O. The first-order chi connectivity index (χ1) is 9.28. The molecular weight excluding hydrogens is 236 g/mol. The number of hydrogen-bond acceptors (Lipinski definition) is 2. The molecule has 1 amide bonds. The van der Waals surface area contributed by atoms with E-state index in [1.165, 1.54) is 25.7 Å². The van der Waals surface area contributed by atoms with Crippen molar-refractivity contribution in [2.45, 2.75) is 38.1 Å². The van der Waals surface area contributed by atoms with Crippen LogP contribution in [0, 0.1) is 11.8 Å². The third-order valence-corrected chi connectivity index (χ3v) is 4.18. The Morgan fingerprint density at radius 3 is 2.53 bits per heavy atom. The first kappa shape index (κ1) is 12.7. The molecule has 0 spiro atoms. The SMILES string of the molecule is NCCc1cccc(C(=O)NC(C2CC2)C2CC2)c1. The Morgan fingerprint density at radius 2 is 1.95 bits per heavy atom. The predicted octanol–water partition coefficient (Wildman–Crippen LogP) is 2.11. The molecule has 19 heavy (non-hydrogen) atoms. The maximum absolute atomic E-state index is 12.3. The quantitative estimate of drug-likeness (QED) is 0.821. The number of amides is 1. The molecule has 3 N–H and O–H groups in total. The van der Waals surface area contributed by atoms with Crippen LogP contribution >= 0.6 is 0 Å². The lowest BCUT2D eigenvalue weighted by atomic mass is 10.0. The number of hydrogen-bond donors (Lipinski definition) is 2. The first-order valence-corrected chi connectivity index (χ1v) is 7.38. The van der Waals surface area contributed by atoms with E-state index in [9.17, 15) is 4.79 Å². The van der Waals surface area contributed by atoms with Crippen molar-refractivity contribution in [1.29, 1.82) is 0 Å². The molecule has 1 aromatic carbocycles. The fourth-order valence-electron chi connectivity index (χ4n) is 2.80. The van der Waals surface area contributed by atoms with Gasteiger partial charge in [0.2, 0.25) is 0 Å². The van der Waals surface area contributed by atoms with E-state index in [0.717, 1.165) is 29.4 Å². The Hall–Kier alpha value is -1.35. The number of nitrogens with two attached hydrogens (primary N) is 1. The molecule has 0 aliphatic heterocycles. The highest BCUT2D eigenvalue weighted by Gasteiger charge is 2.42. The van der Waals surface area contributed by atoms with Crippen molar-refractivity contribution >= 4 is 5.91 Å². The van der Waals surface area contributed by atoms with Crippen LogP contribution < -0.4 is 11.1 Å². The van der Waals surface area contributed by atoms with Crippen LogP contribution in [0.1, 0.15) is 41.6 Å². The highest BCUT2D eigenvalue weighted by atomic mass is 16.1. The van der Waals surface area contributed by atoms with E-state index in [4.69, 9.17) is 5.73 Å². The smallest absolute Gasteiger partial charge is 0.251 e. The molecule has 2 aliphatic rings. The Balaban J connectivity index is 1.66. The number of rotatable bonds is 6. The minimum absolute atomic E-state index is 0.0858. The standard InChI is InChI=1S/C16H22N2O/c17-9-8-11-2-1-3-14(10-11)16(19)18-15(12-4-5-12)13-6-7-13/h1-3,10,12-13,15H,4-9,17H2,(H,18,19). The van der Waals surface area contributed by atoms with Crippen molar-refractivity contribution in [3.63, 3.8) is 0 Å². The number of carbonyl (C=O) groups excluding carboxylic acids is 1. The zero-order valence-electron chi connectivity index (χ0n) is 11.3. The van der Waals surface area contributed by atoms with Gasteiger partial charge in [0, 0.05) is 11.6 Å². The Bertz CT molecular complexity index is 452. The van der Waals surface area contributed by atoms with Crippen molar-refractivity contribution in [2.75, 3.05) is 6.54 Å². The number of nitrogens with one attached hydrogen (secondary N) is 1. The second kappa shape index (κ2) is 5.33. The van der Waals surface area contributed by atoms with Crippen LogP contribution in [0.5, 0.6) is 0 Å². The lowest BCUT2D eigenvalue weighted by Crippen LogP contribution is -2.38.